The Balaban J connectivity index is 1.94. The molecule has 0 aromatic heterocycles. The van der Waals surface area contributed by atoms with Crippen molar-refractivity contribution in [2.24, 2.45) is 0 Å². The van der Waals surface area contributed by atoms with Crippen LogP contribution in [-0.2, 0) is 4.79 Å². The fourth-order valence-corrected chi connectivity index (χ4v) is 5.10. The summed E-state index contributed by atoms with van der Waals surface area (Å²) in [4.78, 5) is 15.3. The molecule has 0 aromatic rings. The Morgan fingerprint density at radius 3 is 1.83 bits per heavy atom. The van der Waals surface area contributed by atoms with E-state index in [1.807, 2.05) is 4.90 Å². The molecule has 4 nitrogen and oxygen atoms in total. The molecule has 1 aliphatic rings. The maximum Gasteiger partial charge on any atom is 0.222 e. The van der Waals surface area contributed by atoms with Gasteiger partial charge in [0.25, 0.3) is 0 Å². The molecule has 0 aromatic carbocycles. The van der Waals surface area contributed by atoms with Gasteiger partial charge in [-0.15, -0.1) is 0 Å². The molecule has 1 rings (SSSR count). The first-order chi connectivity index (χ1) is 13.9. The molecule has 2 atom stereocenters. The molecule has 172 valence electrons. The Bertz CT molecular complexity index is 425. The van der Waals surface area contributed by atoms with Crippen LogP contribution in [0, 0.1) is 5.21 Å². The van der Waals surface area contributed by atoms with Gasteiger partial charge < -0.3 is 14.8 Å². The third-order valence-corrected chi connectivity index (χ3v) is 9.04. The van der Waals surface area contributed by atoms with Crippen molar-refractivity contribution in [3.8, 4) is 0 Å². The number of nitrogens with zero attached hydrogens (tertiary/aromatic N) is 2. The molecule has 1 saturated heterocycles. The van der Waals surface area contributed by atoms with Gasteiger partial charge in [-0.05, 0) is 19.3 Å². The molecule has 0 aliphatic carbocycles. The maximum atomic E-state index is 12.2. The molecule has 0 radical (unpaired) electrons. The van der Waals surface area contributed by atoms with Crippen LogP contribution in [0.25, 0.3) is 0 Å². The first kappa shape index (κ1) is 27.4. The smallest absolute Gasteiger partial charge is 0.222 e. The van der Waals surface area contributed by atoms with Crippen LogP contribution in [0.5, 0.6) is 0 Å². The van der Waals surface area contributed by atoms with Crippen LogP contribution in [0.2, 0.25) is 0 Å². The van der Waals surface area contributed by atoms with Gasteiger partial charge in [0.15, 0.2) is 0 Å². The number of alkyl halides is 2. The van der Waals surface area contributed by atoms with E-state index in [0.717, 1.165) is 12.8 Å². The molecule has 1 amide bonds. The van der Waals surface area contributed by atoms with Gasteiger partial charge in [0.2, 0.25) is 5.91 Å². The second kappa shape index (κ2) is 16.0. The van der Waals surface area contributed by atoms with Crippen molar-refractivity contribution in [2.45, 2.75) is 106 Å². The highest BCUT2D eigenvalue weighted by Gasteiger charge is 2.24. The Hall–Kier alpha value is 0.350. The van der Waals surface area contributed by atoms with Crippen molar-refractivity contribution in [3.63, 3.8) is 0 Å². The number of halogens is 2. The Morgan fingerprint density at radius 1 is 0.862 bits per heavy atom. The van der Waals surface area contributed by atoms with Gasteiger partial charge in [0.05, 0.1) is 33.2 Å². The van der Waals surface area contributed by atoms with Gasteiger partial charge in [-0.1, -0.05) is 103 Å². The molecule has 29 heavy (non-hydrogen) atoms. The van der Waals surface area contributed by atoms with E-state index in [9.17, 15) is 10.0 Å². The maximum absolute atomic E-state index is 12.2. The van der Waals surface area contributed by atoms with Crippen LogP contribution in [0.3, 0.4) is 0 Å². The summed E-state index contributed by atoms with van der Waals surface area (Å²) in [5.74, 6) is 0.238. The van der Waals surface area contributed by atoms with Gasteiger partial charge in [-0.25, -0.2) is 0 Å². The van der Waals surface area contributed by atoms with Crippen molar-refractivity contribution in [3.05, 3.63) is 5.21 Å². The lowest BCUT2D eigenvalue weighted by Crippen LogP contribution is -2.55. The van der Waals surface area contributed by atoms with E-state index >= 15 is 0 Å². The predicted molar refractivity (Wildman–Crippen MR) is 132 cm³/mol. The second-order valence-corrected chi connectivity index (χ2v) is 11.4. The van der Waals surface area contributed by atoms with E-state index < -0.39 is 0 Å². The minimum absolute atomic E-state index is 0.202. The molecule has 1 aliphatic heterocycles. The van der Waals surface area contributed by atoms with Crippen LogP contribution in [-0.4, -0.2) is 58.3 Å². The number of hydroxylamine groups is 3. The second-order valence-electron chi connectivity index (χ2n) is 9.02. The number of piperazine rings is 1. The van der Waals surface area contributed by atoms with Crippen LogP contribution < -0.4 is 0 Å². The van der Waals surface area contributed by atoms with Gasteiger partial charge >= 0.3 is 0 Å². The average Bonchev–Trinajstić information content (AvgIpc) is 2.69. The highest BCUT2D eigenvalue weighted by molar-refractivity contribution is 9.12. The van der Waals surface area contributed by atoms with Crippen LogP contribution in [0.1, 0.15) is 96.8 Å². The summed E-state index contributed by atoms with van der Waals surface area (Å²) < 4.78 is -0.202. The van der Waals surface area contributed by atoms with Crippen LogP contribution >= 0.6 is 31.9 Å². The first-order valence-corrected chi connectivity index (χ1v) is 13.8. The Labute approximate surface area is 196 Å². The molecule has 1 fully saturated rings. The lowest BCUT2D eigenvalue weighted by Gasteiger charge is -2.45. The first-order valence-electron chi connectivity index (χ1n) is 12.0. The van der Waals surface area contributed by atoms with Gasteiger partial charge in [0, 0.05) is 16.1 Å². The summed E-state index contributed by atoms with van der Waals surface area (Å²) in [5.41, 5.74) is 0. The molecular weight excluding hydrogens is 496 g/mol. The standard InChI is InChI=1S/C23H44Br2N2O2/c1-3-4-5-6-8-11-14-21(24)22(25)15-12-9-7-10-13-16-23(28)26-17-19-27(2,29)20-18-26/h21-22H,3-20H2,1-2H3/t21-,22+/m1/s1. The molecule has 6 heteroatoms. The Kier molecular flexibility index (Phi) is 15.2. The third kappa shape index (κ3) is 13.4. The fraction of sp³-hybridized carbons (Fsp3) is 0.957. The van der Waals surface area contributed by atoms with E-state index in [2.05, 4.69) is 38.8 Å². The monoisotopic (exact) mass is 538 g/mol. The summed E-state index contributed by atoms with van der Waals surface area (Å²) in [6.07, 6.45) is 17.2. The van der Waals surface area contributed by atoms with E-state index in [1.54, 1.807) is 7.05 Å². The number of carbonyl (C=O) groups excluding carboxylic acids is 1. The average molecular weight is 540 g/mol. The summed E-state index contributed by atoms with van der Waals surface area (Å²) in [5, 5.41) is 11.8. The molecule has 0 saturated carbocycles. The number of hydrogen-bond acceptors (Lipinski definition) is 2. The van der Waals surface area contributed by atoms with Crippen molar-refractivity contribution in [1.29, 1.82) is 0 Å². The number of amides is 1. The molecule has 0 bridgehead atoms. The van der Waals surface area contributed by atoms with Crippen LogP contribution in [0.15, 0.2) is 0 Å². The van der Waals surface area contributed by atoms with Crippen molar-refractivity contribution < 1.29 is 9.44 Å². The van der Waals surface area contributed by atoms with E-state index in [1.165, 1.54) is 70.6 Å². The number of hydrogen-bond donors (Lipinski definition) is 0. The van der Waals surface area contributed by atoms with Gasteiger partial charge in [-0.3, -0.25) is 4.79 Å². The third-order valence-electron chi connectivity index (χ3n) is 6.14. The van der Waals surface area contributed by atoms with E-state index in [4.69, 9.17) is 0 Å². The molecule has 0 spiro atoms. The summed E-state index contributed by atoms with van der Waals surface area (Å²) in [6.45, 7) is 4.58. The zero-order valence-corrected chi connectivity index (χ0v) is 22.0. The van der Waals surface area contributed by atoms with Crippen molar-refractivity contribution in [1.82, 2.24) is 4.90 Å². The Morgan fingerprint density at radius 2 is 1.31 bits per heavy atom. The SMILES string of the molecule is CCCCCCCC[C@@H](Br)[C@@H](Br)CCCCCCCC(=O)N1CC[N+](C)([O-])CC1. The fourth-order valence-electron chi connectivity index (χ4n) is 3.92. The lowest BCUT2D eigenvalue weighted by molar-refractivity contribution is -0.864. The number of likely N-dealkylation sites (N-methyl/N-ethyl adjacent to an activating group) is 1. The quantitative estimate of drug-likeness (QED) is 0.0938. The minimum Gasteiger partial charge on any atom is -0.633 e. The molecule has 0 N–H and O–H groups in total. The number of unbranched alkanes of at least 4 members (excludes halogenated alkanes) is 9. The van der Waals surface area contributed by atoms with Gasteiger partial charge in [0.1, 0.15) is 0 Å². The normalized spacial score (nSPS) is 18.6. The van der Waals surface area contributed by atoms with E-state index in [-0.39, 0.29) is 10.6 Å². The summed E-state index contributed by atoms with van der Waals surface area (Å²) >= 11 is 7.74. The number of quaternary nitrogens is 1. The molecular formula is C23H44Br2N2O2. The highest BCUT2D eigenvalue weighted by Crippen LogP contribution is 2.25. The largest absolute Gasteiger partial charge is 0.633 e. The highest BCUT2D eigenvalue weighted by atomic mass is 79.9. The lowest BCUT2D eigenvalue weighted by atomic mass is 10.0. The van der Waals surface area contributed by atoms with Crippen molar-refractivity contribution in [2.75, 3.05) is 33.2 Å². The zero-order chi connectivity index (χ0) is 21.5. The van der Waals surface area contributed by atoms with Crippen LogP contribution in [0.4, 0.5) is 0 Å². The van der Waals surface area contributed by atoms with Crippen molar-refractivity contribution >= 4 is 37.8 Å². The van der Waals surface area contributed by atoms with E-state index in [0.29, 0.717) is 42.3 Å². The number of rotatable bonds is 16. The molecule has 0 unspecified atom stereocenters. The van der Waals surface area contributed by atoms with Gasteiger partial charge in [-0.2, -0.15) is 0 Å². The number of carbonyl (C=O) groups is 1. The predicted octanol–water partition coefficient (Wildman–Crippen LogP) is 6.78. The zero-order valence-electron chi connectivity index (χ0n) is 18.8. The molecule has 1 heterocycles. The topological polar surface area (TPSA) is 43.4 Å². The minimum atomic E-state index is -0.202. The summed E-state index contributed by atoms with van der Waals surface area (Å²) in [6, 6.07) is 0. The summed E-state index contributed by atoms with van der Waals surface area (Å²) in [7, 11) is 1.70.